The summed E-state index contributed by atoms with van der Waals surface area (Å²) in [6.07, 6.45) is 7.11. The molecule has 1 aromatic heterocycles. The van der Waals surface area contributed by atoms with Gasteiger partial charge >= 0.3 is 0 Å². The van der Waals surface area contributed by atoms with Crippen LogP contribution in [0.25, 0.3) is 108 Å². The Morgan fingerprint density at radius 1 is 0.308 bits per heavy atom. The third-order valence-corrected chi connectivity index (χ3v) is 18.0. The quantitative estimate of drug-likeness (QED) is 0.155. The number of fused-ring (bicyclic) bond motifs is 10. The molecule has 10 aromatic carbocycles. The van der Waals surface area contributed by atoms with Crippen LogP contribution in [-0.4, -0.2) is 0 Å². The number of hydrogen-bond donors (Lipinski definition) is 0. The Balaban J connectivity index is 0.892. The van der Waals surface area contributed by atoms with Crippen LogP contribution in [0.2, 0.25) is 0 Å². The minimum Gasteiger partial charge on any atom is -0.135 e. The smallest absolute Gasteiger partial charge is 0.0355 e. The van der Waals surface area contributed by atoms with Gasteiger partial charge in [0.2, 0.25) is 0 Å². The van der Waals surface area contributed by atoms with E-state index in [0.29, 0.717) is 0 Å². The molecule has 0 saturated heterocycles. The molecule has 0 aliphatic heterocycles. The maximum absolute atomic E-state index is 2.59. The Morgan fingerprint density at radius 2 is 0.846 bits per heavy atom. The Hall–Kier alpha value is -6.80. The summed E-state index contributed by atoms with van der Waals surface area (Å²) in [4.78, 5) is 0. The van der Waals surface area contributed by atoms with Gasteiger partial charge < -0.3 is 0 Å². The second-order valence-electron chi connectivity index (χ2n) is 19.9. The van der Waals surface area contributed by atoms with E-state index in [0.717, 1.165) is 23.7 Å². The normalized spacial score (nSPS) is 21.6. The van der Waals surface area contributed by atoms with Gasteiger partial charge in [0.15, 0.2) is 0 Å². The summed E-state index contributed by atoms with van der Waals surface area (Å²) >= 11 is 1.88. The second-order valence-corrected chi connectivity index (χ2v) is 21.0. The van der Waals surface area contributed by atoms with Gasteiger partial charge in [0.25, 0.3) is 0 Å². The third kappa shape index (κ3) is 5.03. The van der Waals surface area contributed by atoms with E-state index in [-0.39, 0.29) is 5.41 Å². The van der Waals surface area contributed by atoms with E-state index in [9.17, 15) is 0 Å². The maximum Gasteiger partial charge on any atom is 0.0355 e. The van der Waals surface area contributed by atoms with E-state index >= 15 is 0 Å². The molecule has 0 nitrogen and oxygen atoms in total. The van der Waals surface area contributed by atoms with Crippen LogP contribution in [0.3, 0.4) is 0 Å². The standard InChI is InChI=1S/C64H46S/c1-2-17-49(62-53-20-5-3-18-51(53)61(52-19-4-6-21-54(52)62)42-27-30-60-56(37-42)48-16-8-10-26-59(48)65-60)46(15-1)41-14-11-13-40(36-41)45-23-12-24-50-47(45)28-29-58-63(50)55-22-7-9-25-57(55)64(58)43-32-38-31-39(34-43)35-44(64)33-38/h1-30,36-39,43-44H,31-35H2. The summed E-state index contributed by atoms with van der Waals surface area (Å²) in [5.41, 5.74) is 16.6. The molecule has 308 valence electrons. The molecule has 0 N–H and O–H groups in total. The van der Waals surface area contributed by atoms with Gasteiger partial charge in [-0.05, 0) is 179 Å². The second kappa shape index (κ2) is 13.6. The van der Waals surface area contributed by atoms with Crippen LogP contribution in [0.5, 0.6) is 0 Å². The molecule has 4 fully saturated rings. The zero-order valence-corrected chi connectivity index (χ0v) is 37.0. The Labute approximate surface area is 383 Å². The van der Waals surface area contributed by atoms with Crippen molar-refractivity contribution < 1.29 is 0 Å². The van der Waals surface area contributed by atoms with Crippen molar-refractivity contribution in [2.45, 2.75) is 37.5 Å². The highest BCUT2D eigenvalue weighted by molar-refractivity contribution is 7.25. The molecule has 0 unspecified atom stereocenters. The monoisotopic (exact) mass is 846 g/mol. The van der Waals surface area contributed by atoms with Crippen molar-refractivity contribution in [1.82, 2.24) is 0 Å². The summed E-state index contributed by atoms with van der Waals surface area (Å²) in [7, 11) is 0. The van der Waals surface area contributed by atoms with Crippen LogP contribution in [0.4, 0.5) is 0 Å². The summed E-state index contributed by atoms with van der Waals surface area (Å²) in [6, 6.07) is 74.3. The van der Waals surface area contributed by atoms with Crippen molar-refractivity contribution in [2.75, 3.05) is 0 Å². The summed E-state index contributed by atoms with van der Waals surface area (Å²) in [5.74, 6) is 3.41. The summed E-state index contributed by atoms with van der Waals surface area (Å²) < 4.78 is 2.67. The largest absolute Gasteiger partial charge is 0.135 e. The molecule has 4 bridgehead atoms. The van der Waals surface area contributed by atoms with Crippen LogP contribution in [-0.2, 0) is 5.41 Å². The van der Waals surface area contributed by atoms with Gasteiger partial charge in [0.05, 0.1) is 0 Å². The number of thiophene rings is 1. The first-order valence-electron chi connectivity index (χ1n) is 23.9. The van der Waals surface area contributed by atoms with Gasteiger partial charge in [0.1, 0.15) is 0 Å². The minimum absolute atomic E-state index is 0.173. The third-order valence-electron chi connectivity index (χ3n) is 16.9. The molecular weight excluding hydrogens is 801 g/mol. The van der Waals surface area contributed by atoms with Crippen molar-refractivity contribution in [3.8, 4) is 55.6 Å². The van der Waals surface area contributed by atoms with Crippen molar-refractivity contribution in [3.05, 3.63) is 205 Å². The van der Waals surface area contributed by atoms with Gasteiger partial charge in [-0.1, -0.05) is 170 Å². The molecule has 5 aliphatic rings. The van der Waals surface area contributed by atoms with E-state index in [4.69, 9.17) is 0 Å². The van der Waals surface area contributed by atoms with E-state index in [2.05, 4.69) is 194 Å². The number of hydrogen-bond acceptors (Lipinski definition) is 1. The van der Waals surface area contributed by atoms with E-state index in [1.54, 1.807) is 11.1 Å². The lowest BCUT2D eigenvalue weighted by atomic mass is 9.43. The predicted molar refractivity (Wildman–Crippen MR) is 277 cm³/mol. The van der Waals surface area contributed by atoms with Crippen LogP contribution >= 0.6 is 11.3 Å². The van der Waals surface area contributed by atoms with Crippen LogP contribution < -0.4 is 0 Å². The van der Waals surface area contributed by atoms with Gasteiger partial charge in [-0.2, -0.15) is 0 Å². The fourth-order valence-corrected chi connectivity index (χ4v) is 15.8. The van der Waals surface area contributed by atoms with Crippen molar-refractivity contribution in [3.63, 3.8) is 0 Å². The molecule has 1 heterocycles. The lowest BCUT2D eigenvalue weighted by Crippen LogP contribution is -2.55. The van der Waals surface area contributed by atoms with Crippen LogP contribution in [0, 0.1) is 23.7 Å². The average molecular weight is 847 g/mol. The summed E-state index contributed by atoms with van der Waals surface area (Å²) in [5, 5.41) is 10.5. The van der Waals surface area contributed by atoms with Gasteiger partial charge in [-0.15, -0.1) is 11.3 Å². The average Bonchev–Trinajstić information content (AvgIpc) is 3.88. The van der Waals surface area contributed by atoms with Crippen LogP contribution in [0.1, 0.15) is 43.2 Å². The van der Waals surface area contributed by atoms with Gasteiger partial charge in [-0.25, -0.2) is 0 Å². The van der Waals surface area contributed by atoms with E-state index in [1.165, 1.54) is 140 Å². The number of rotatable bonds is 4. The Kier molecular flexibility index (Phi) is 7.65. The Bertz CT molecular complexity index is 3720. The van der Waals surface area contributed by atoms with Crippen molar-refractivity contribution >= 4 is 63.8 Å². The molecule has 16 rings (SSSR count). The molecular formula is C64H46S. The maximum atomic E-state index is 2.59. The molecule has 65 heavy (non-hydrogen) atoms. The SMILES string of the molecule is c1cc(-c2ccccc2-c2c3ccccc3c(-c3ccc4sc5ccccc5c4c3)c3ccccc23)cc(-c2cccc3c4c(ccc23)C2(c3ccccc3-4)C3CC4CC(C3)CC2C4)c1. The molecule has 5 aliphatic carbocycles. The van der Waals surface area contributed by atoms with Gasteiger partial charge in [0, 0.05) is 25.6 Å². The Morgan fingerprint density at radius 3 is 1.58 bits per heavy atom. The molecule has 0 atom stereocenters. The predicted octanol–water partition coefficient (Wildman–Crippen LogP) is 17.9. The molecule has 1 spiro atoms. The van der Waals surface area contributed by atoms with E-state index < -0.39 is 0 Å². The van der Waals surface area contributed by atoms with Crippen molar-refractivity contribution in [2.24, 2.45) is 23.7 Å². The van der Waals surface area contributed by atoms with Crippen LogP contribution in [0.15, 0.2) is 194 Å². The fraction of sp³-hybridized carbons (Fsp3) is 0.156. The highest BCUT2D eigenvalue weighted by atomic mass is 32.1. The first kappa shape index (κ1) is 36.5. The van der Waals surface area contributed by atoms with Crippen molar-refractivity contribution in [1.29, 1.82) is 0 Å². The molecule has 1 heteroatoms. The lowest BCUT2D eigenvalue weighted by Gasteiger charge is -2.61. The van der Waals surface area contributed by atoms with Gasteiger partial charge in [-0.3, -0.25) is 0 Å². The van der Waals surface area contributed by atoms with E-state index in [1.807, 2.05) is 11.3 Å². The molecule has 0 radical (unpaired) electrons. The minimum atomic E-state index is 0.173. The fourth-order valence-electron chi connectivity index (χ4n) is 14.7. The highest BCUT2D eigenvalue weighted by Crippen LogP contribution is 2.70. The first-order chi connectivity index (χ1) is 32.2. The zero-order valence-electron chi connectivity index (χ0n) is 36.2. The zero-order chi connectivity index (χ0) is 42.4. The molecule has 0 amide bonds. The topological polar surface area (TPSA) is 0 Å². The lowest BCUT2D eigenvalue weighted by molar-refractivity contribution is -0.0399. The first-order valence-corrected chi connectivity index (χ1v) is 24.7. The number of benzene rings is 10. The summed E-state index contributed by atoms with van der Waals surface area (Å²) in [6.45, 7) is 0. The molecule has 11 aromatic rings. The highest BCUT2D eigenvalue weighted by Gasteiger charge is 2.61. The molecule has 4 saturated carbocycles.